The third kappa shape index (κ3) is 21.2. The molecule has 100 heavy (non-hydrogen) atoms. The molecule has 0 unspecified atom stereocenters. The number of phenols is 1. The number of aromatic hydroxyl groups is 1. The minimum atomic E-state index is -2.16. The van der Waals surface area contributed by atoms with Crippen LogP contribution in [0.4, 0.5) is 5.69 Å². The highest BCUT2D eigenvalue weighted by Crippen LogP contribution is 2.34. The molecule has 4 fully saturated rings. The Labute approximate surface area is 585 Å². The molecule has 8 rings (SSSR count). The number of hydrogen-bond acceptors (Lipinski definition) is 28. The van der Waals surface area contributed by atoms with Crippen LogP contribution in [0, 0.1) is 5.92 Å². The van der Waals surface area contributed by atoms with E-state index in [0.29, 0.717) is 15.6 Å². The van der Waals surface area contributed by atoms with Crippen LogP contribution in [0.25, 0.3) is 21.1 Å². The zero-order valence-corrected chi connectivity index (χ0v) is 57.4. The fourth-order valence-corrected chi connectivity index (χ4v) is 13.6. The van der Waals surface area contributed by atoms with Crippen LogP contribution in [0.3, 0.4) is 0 Å². The molecule has 4 saturated heterocycles. The smallest absolute Gasteiger partial charge is 0.261 e. The van der Waals surface area contributed by atoms with Gasteiger partial charge < -0.3 is 101 Å². The number of phenolic OH excluding ortho intramolecular Hbond substituents is 1. The molecule has 4 aromatic rings. The van der Waals surface area contributed by atoms with Crippen molar-refractivity contribution in [2.24, 2.45) is 5.92 Å². The maximum atomic E-state index is 15.0. The summed E-state index contributed by atoms with van der Waals surface area (Å²) in [5.74, 6) is -9.60. The Morgan fingerprint density at radius 2 is 1.38 bits per heavy atom. The molecule has 13 atom stereocenters. The molecular weight excluding hydrogens is 1350 g/mol. The molecular formula is C65H92N12O21S2. The Hall–Kier alpha value is -7.30. The predicted octanol–water partition coefficient (Wildman–Crippen LogP) is -2.06. The zero-order valence-electron chi connectivity index (χ0n) is 55.7. The minimum Gasteiger partial charge on any atom is -0.504 e. The normalized spacial score (nSPS) is 24.9. The van der Waals surface area contributed by atoms with Crippen LogP contribution >= 0.6 is 23.7 Å². The quantitative estimate of drug-likeness (QED) is 0.0126. The number of β-amino-alcohol motifs (C(OH)–C–C–N with tert-alkyl or cyclic N) is 1. The Kier molecular flexibility index (Phi) is 29.9. The largest absolute Gasteiger partial charge is 0.504 e. The summed E-state index contributed by atoms with van der Waals surface area (Å²) in [6, 6.07) is 5.55. The van der Waals surface area contributed by atoms with Crippen LogP contribution in [-0.4, -0.2) is 282 Å². The maximum Gasteiger partial charge on any atom is 0.261 e. The van der Waals surface area contributed by atoms with E-state index in [2.05, 4.69) is 73.4 Å². The summed E-state index contributed by atoms with van der Waals surface area (Å²) in [4.78, 5) is 109. The van der Waals surface area contributed by atoms with Gasteiger partial charge in [-0.15, -0.1) is 10.2 Å². The van der Waals surface area contributed by atoms with Gasteiger partial charge in [-0.25, -0.2) is 5.26 Å². The van der Waals surface area contributed by atoms with Crippen LogP contribution in [0.2, 0.25) is 0 Å². The highest BCUT2D eigenvalue weighted by Gasteiger charge is 2.50. The number of amides is 7. The average Bonchev–Trinajstić information content (AvgIpc) is 1.63. The molecule has 0 radical (unpaired) electrons. The van der Waals surface area contributed by atoms with Crippen molar-refractivity contribution < 1.29 is 103 Å². The first-order valence-corrected chi connectivity index (χ1v) is 34.8. The summed E-state index contributed by atoms with van der Waals surface area (Å²) in [6.45, 7) is 5.41. The number of hydrogen-bond donors (Lipinski definition) is 16. The van der Waals surface area contributed by atoms with E-state index in [1.165, 1.54) is 68.2 Å². The molecule has 5 heterocycles. The van der Waals surface area contributed by atoms with Crippen molar-refractivity contribution in [2.45, 2.75) is 151 Å². The third-order valence-electron chi connectivity index (χ3n) is 18.2. The number of methoxy groups -OCH3 is 1. The van der Waals surface area contributed by atoms with Gasteiger partial charge in [0.25, 0.3) is 18.2 Å². The number of nitrogens with zero attached hydrogens (tertiary/aromatic N) is 6. The Morgan fingerprint density at radius 1 is 0.740 bits per heavy atom. The number of nitrogens with one attached hydrogen (secondary N) is 6. The fourth-order valence-electron chi connectivity index (χ4n) is 12.5. The Bertz CT molecular complexity index is 3330. The van der Waals surface area contributed by atoms with Crippen molar-refractivity contribution in [3.8, 4) is 32.6 Å². The van der Waals surface area contributed by atoms with E-state index < -0.39 is 184 Å². The maximum absolute atomic E-state index is 15.0. The highest BCUT2D eigenvalue weighted by atomic mass is 32.2. The summed E-state index contributed by atoms with van der Waals surface area (Å²) in [7, 11) is 1.73. The van der Waals surface area contributed by atoms with Gasteiger partial charge >= 0.3 is 0 Å². The predicted molar refractivity (Wildman–Crippen MR) is 361 cm³/mol. The van der Waals surface area contributed by atoms with Crippen molar-refractivity contribution in [3.05, 3.63) is 77.9 Å². The minimum absolute atomic E-state index is 0.0187. The molecule has 1 aromatic heterocycles. The number of carbonyl (C=O) groups is 7. The van der Waals surface area contributed by atoms with E-state index in [1.54, 1.807) is 19.2 Å². The second-order valence-corrected chi connectivity index (χ2v) is 26.9. The van der Waals surface area contributed by atoms with Crippen LogP contribution in [-0.2, 0) is 49.3 Å². The summed E-state index contributed by atoms with van der Waals surface area (Å²) >= 11 is 1.40. The topological polar surface area (TPSA) is 470 Å². The Balaban J connectivity index is 1.03. The van der Waals surface area contributed by atoms with Gasteiger partial charge in [0.05, 0.1) is 55.9 Å². The number of unbranched alkanes of at least 4 members (excludes halogenated alkanes) is 4. The lowest BCUT2D eigenvalue weighted by molar-refractivity contribution is -0.433. The number of aromatic nitrogens is 2. The van der Waals surface area contributed by atoms with E-state index in [0.717, 1.165) is 79.8 Å². The van der Waals surface area contributed by atoms with Crippen molar-refractivity contribution in [3.63, 3.8) is 0 Å². The van der Waals surface area contributed by atoms with Crippen molar-refractivity contribution in [1.82, 2.24) is 56.8 Å². The van der Waals surface area contributed by atoms with Gasteiger partial charge in [-0.1, -0.05) is 65.1 Å². The number of rotatable bonds is 28. The first-order valence-electron chi connectivity index (χ1n) is 33.3. The second-order valence-electron chi connectivity index (χ2n) is 25.5. The molecule has 4 aliphatic rings. The fraction of sp³-hybridized carbons (Fsp3) is 0.585. The first kappa shape index (κ1) is 78.4. The zero-order chi connectivity index (χ0) is 72.2. The number of benzene rings is 3. The molecule has 7 amide bonds. The van der Waals surface area contributed by atoms with Gasteiger partial charge in [0, 0.05) is 107 Å². The van der Waals surface area contributed by atoms with Crippen molar-refractivity contribution in [1.29, 1.82) is 0 Å². The second kappa shape index (κ2) is 38.1. The van der Waals surface area contributed by atoms with Gasteiger partial charge in [-0.05, 0) is 93.4 Å². The van der Waals surface area contributed by atoms with Gasteiger partial charge in [-0.3, -0.25) is 38.5 Å². The first-order chi connectivity index (χ1) is 48.0. The van der Waals surface area contributed by atoms with Gasteiger partial charge in [-0.2, -0.15) is 0 Å². The number of fused-ring (bicyclic) bond motifs is 2. The highest BCUT2D eigenvalue weighted by molar-refractivity contribution is 7.90. The number of carbonyl (C=O) groups excluding carboxylic acids is 7. The molecule has 0 bridgehead atoms. The van der Waals surface area contributed by atoms with E-state index >= 15 is 4.79 Å². The van der Waals surface area contributed by atoms with Gasteiger partial charge in [0.1, 0.15) is 46.3 Å². The summed E-state index contributed by atoms with van der Waals surface area (Å²) < 4.78 is 14.5. The molecule has 3 aromatic carbocycles. The summed E-state index contributed by atoms with van der Waals surface area (Å²) in [5, 5.41) is 136. The van der Waals surface area contributed by atoms with E-state index in [1.807, 2.05) is 12.1 Å². The monoisotopic (exact) mass is 1440 g/mol. The van der Waals surface area contributed by atoms with Crippen LogP contribution in [0.15, 0.2) is 66.7 Å². The molecule has 550 valence electrons. The van der Waals surface area contributed by atoms with Crippen LogP contribution < -0.4 is 41.0 Å². The molecule has 0 saturated carbocycles. The van der Waals surface area contributed by atoms with Crippen LogP contribution in [0.1, 0.15) is 81.1 Å². The lowest BCUT2D eigenvalue weighted by Crippen LogP contribution is -2.64. The molecule has 33 nitrogen and oxygen atoms in total. The van der Waals surface area contributed by atoms with Gasteiger partial charge in [0.15, 0.2) is 11.5 Å². The number of anilines is 1. The molecule has 0 aliphatic carbocycles. The molecule has 0 spiro atoms. The van der Waals surface area contributed by atoms with E-state index in [-0.39, 0.29) is 42.3 Å². The van der Waals surface area contributed by atoms with Crippen LogP contribution in [0.5, 0.6) is 11.5 Å². The molecule has 16 N–H and O–H groups in total. The summed E-state index contributed by atoms with van der Waals surface area (Å²) in [6.07, 6.45) is -6.76. The lowest BCUT2D eigenvalue weighted by Gasteiger charge is -2.36. The van der Waals surface area contributed by atoms with Crippen molar-refractivity contribution in [2.75, 3.05) is 90.7 Å². The lowest BCUT2D eigenvalue weighted by atomic mass is 9.98. The number of aliphatic hydroxyl groups is 8. The summed E-state index contributed by atoms with van der Waals surface area (Å²) in [5.41, 5.74) is 2.70. The Morgan fingerprint density at radius 3 is 2.04 bits per heavy atom. The molecule has 35 heteroatoms. The standard InChI is InChI=1S/C65H92N12O21S2/c1-36-32-77-55(56(36)86)61(91)67-31-44(81)29-46(68-57(87)39-10-12-40(13-11-39)62-72-73-63(99-62)41-14-16-43(17-15-41)75-24-22-74(23-25-75)21-7-5-4-6-8-26-95-3)58(88)69-52(37(2)80)64(92)76-33-45(82)30-47(76)59(89)70-53(50(85)27-38-9-18-48(83)51(28-38)96-100-98-97-94)60(90)71-54(65(77)93)49(84)19-20-66-42(34-78)35-79/h9-18,28,36-37,42,44-47,49-50,52-56,66,78-86,94H,4-8,19-27,29-35H2,1-3H3,(H,67,91)(H,68,87)(H,69,88)(H,70,89)(H,71,90)/t36-,37+,44+,45+,46-,47-,49+,50+,52-,53-,54-,55-,56-/m0/s1. The number of piperazine rings is 1. The van der Waals surface area contributed by atoms with E-state index in [9.17, 15) is 74.7 Å². The van der Waals surface area contributed by atoms with Crippen molar-refractivity contribution >= 4 is 70.7 Å². The number of ether oxygens (including phenoxy) is 1. The third-order valence-corrected chi connectivity index (χ3v) is 19.6. The van der Waals surface area contributed by atoms with E-state index in [4.69, 9.17) is 14.2 Å². The average molecular weight is 1440 g/mol. The number of aliphatic hydroxyl groups excluding tert-OH is 8. The molecule has 4 aliphatic heterocycles. The van der Waals surface area contributed by atoms with Gasteiger partial charge in [0.2, 0.25) is 35.4 Å². The SMILES string of the molecule is COCCCCCCCN1CCN(c2ccc(-c3nnc(-c4ccc(C(=O)N[C@H]5C[C@@H](O)CNC(=O)[C@@H]6[C@@H](O)[C@@H](C)CN6C(=O)[C@H]([C@H](O)CCNC(CO)CO)NC(=O)[C@H]([C@H](O)Cc6ccc(O)c(OSOOO)c6)NC(=O)[C@@H]6C[C@@H](O)CN6C(=O)[C@H]([C@@H](C)O)NC5=O)cc4)s3)cc2)CC1.